The topological polar surface area (TPSA) is 59.2 Å². The molecule has 0 aliphatic carbocycles. The maximum Gasteiger partial charge on any atom is 0.259 e. The first-order valence-electron chi connectivity index (χ1n) is 8.66. The summed E-state index contributed by atoms with van der Waals surface area (Å²) in [6, 6.07) is 6.00. The minimum atomic E-state index is 0.0557. The Morgan fingerprint density at radius 1 is 1.28 bits per heavy atom. The molecule has 1 saturated heterocycles. The van der Waals surface area contributed by atoms with Gasteiger partial charge in [0.25, 0.3) is 11.6 Å². The van der Waals surface area contributed by atoms with Crippen LogP contribution in [0.25, 0.3) is 21.7 Å². The van der Waals surface area contributed by atoms with Crippen molar-refractivity contribution in [3.8, 4) is 10.6 Å². The van der Waals surface area contributed by atoms with E-state index in [2.05, 4.69) is 30.1 Å². The molecule has 0 spiro atoms. The van der Waals surface area contributed by atoms with Crippen molar-refractivity contribution < 1.29 is 9.32 Å². The molecule has 25 heavy (non-hydrogen) atoms. The van der Waals surface area contributed by atoms with Crippen LogP contribution >= 0.6 is 11.3 Å². The lowest BCUT2D eigenvalue weighted by molar-refractivity contribution is 0.0699. The molecule has 3 aromatic heterocycles. The second-order valence-electron chi connectivity index (χ2n) is 6.89. The Bertz CT molecular complexity index is 935. The third-order valence-electron chi connectivity index (χ3n) is 4.91. The number of amides is 1. The van der Waals surface area contributed by atoms with E-state index in [0.29, 0.717) is 22.9 Å². The van der Waals surface area contributed by atoms with E-state index in [9.17, 15) is 4.79 Å². The van der Waals surface area contributed by atoms with Gasteiger partial charge in [-0.3, -0.25) is 4.79 Å². The van der Waals surface area contributed by atoms with E-state index >= 15 is 0 Å². The highest BCUT2D eigenvalue weighted by Gasteiger charge is 2.26. The number of fused-ring (bicyclic) bond motifs is 1. The number of aryl methyl sites for hydroxylation is 2. The van der Waals surface area contributed by atoms with E-state index in [4.69, 9.17) is 4.52 Å². The molecule has 3 aromatic rings. The number of carbonyl (C=O) groups excluding carboxylic acids is 1. The predicted molar refractivity (Wildman–Crippen MR) is 98.9 cm³/mol. The minimum absolute atomic E-state index is 0.0557. The summed E-state index contributed by atoms with van der Waals surface area (Å²) in [6.45, 7) is 7.78. The normalized spacial score (nSPS) is 15.9. The fourth-order valence-corrected chi connectivity index (χ4v) is 4.17. The van der Waals surface area contributed by atoms with Crippen molar-refractivity contribution in [3.05, 3.63) is 34.3 Å². The molecule has 5 nitrogen and oxygen atoms in total. The van der Waals surface area contributed by atoms with Crippen LogP contribution in [-0.4, -0.2) is 34.0 Å². The minimum Gasteiger partial charge on any atom is -0.339 e. The Hall–Kier alpha value is -2.21. The molecule has 0 atom stereocenters. The summed E-state index contributed by atoms with van der Waals surface area (Å²) < 4.78 is 5.39. The van der Waals surface area contributed by atoms with Crippen molar-refractivity contribution >= 4 is 28.3 Å². The van der Waals surface area contributed by atoms with Gasteiger partial charge in [0.15, 0.2) is 0 Å². The quantitative estimate of drug-likeness (QED) is 0.682. The molecule has 0 aromatic carbocycles. The van der Waals surface area contributed by atoms with Gasteiger partial charge in [-0.2, -0.15) is 0 Å². The van der Waals surface area contributed by atoms with Crippen molar-refractivity contribution in [2.24, 2.45) is 5.92 Å². The Morgan fingerprint density at radius 2 is 2.04 bits per heavy atom. The maximum atomic E-state index is 13.2. The number of nitrogens with zero attached hydrogens (tertiary/aromatic N) is 3. The number of piperidine rings is 1. The zero-order chi connectivity index (χ0) is 17.6. The largest absolute Gasteiger partial charge is 0.339 e. The monoisotopic (exact) mass is 355 g/mol. The van der Waals surface area contributed by atoms with Gasteiger partial charge in [-0.15, -0.1) is 11.3 Å². The van der Waals surface area contributed by atoms with Gasteiger partial charge in [0.05, 0.1) is 27.2 Å². The highest BCUT2D eigenvalue weighted by molar-refractivity contribution is 7.15. The first kappa shape index (κ1) is 16.3. The van der Waals surface area contributed by atoms with Gasteiger partial charge in [-0.05, 0) is 50.8 Å². The van der Waals surface area contributed by atoms with Crippen LogP contribution in [0.1, 0.15) is 40.7 Å². The summed E-state index contributed by atoms with van der Waals surface area (Å²) in [7, 11) is 0. The SMILES string of the molecule is Cc1ccc(-c2cc(C(=O)N3CCC(C)CC3)c3c(C)noc3n2)s1. The number of thiophene rings is 1. The van der Waals surface area contributed by atoms with E-state index in [1.165, 1.54) is 4.88 Å². The van der Waals surface area contributed by atoms with Gasteiger partial charge >= 0.3 is 0 Å². The van der Waals surface area contributed by atoms with Crippen LogP contribution in [0.4, 0.5) is 0 Å². The molecule has 6 heteroatoms. The van der Waals surface area contributed by atoms with Crippen LogP contribution in [0.2, 0.25) is 0 Å². The van der Waals surface area contributed by atoms with E-state index in [1.807, 2.05) is 24.0 Å². The molecule has 130 valence electrons. The zero-order valence-corrected chi connectivity index (χ0v) is 15.5. The summed E-state index contributed by atoms with van der Waals surface area (Å²) in [5.41, 5.74) is 2.58. The number of pyridine rings is 1. The Labute approximate surface area is 150 Å². The third-order valence-corrected chi connectivity index (χ3v) is 5.93. The first-order valence-corrected chi connectivity index (χ1v) is 9.47. The molecular formula is C19H21N3O2S. The Kier molecular flexibility index (Phi) is 4.07. The molecule has 0 radical (unpaired) electrons. The molecule has 1 fully saturated rings. The second-order valence-corrected chi connectivity index (χ2v) is 8.18. The lowest BCUT2D eigenvalue weighted by Crippen LogP contribution is -2.38. The van der Waals surface area contributed by atoms with E-state index in [0.717, 1.165) is 41.9 Å². The molecule has 4 heterocycles. The van der Waals surface area contributed by atoms with Gasteiger partial charge in [-0.1, -0.05) is 12.1 Å². The fraction of sp³-hybridized carbons (Fsp3) is 0.421. The average molecular weight is 355 g/mol. The van der Waals surface area contributed by atoms with Crippen molar-refractivity contribution in [2.45, 2.75) is 33.6 Å². The molecule has 0 N–H and O–H groups in total. The smallest absolute Gasteiger partial charge is 0.259 e. The number of carbonyl (C=O) groups is 1. The lowest BCUT2D eigenvalue weighted by atomic mass is 9.98. The molecule has 1 amide bonds. The second kappa shape index (κ2) is 6.26. The number of aromatic nitrogens is 2. The molecule has 0 bridgehead atoms. The van der Waals surface area contributed by atoms with Crippen LogP contribution in [0.15, 0.2) is 22.7 Å². The highest BCUT2D eigenvalue weighted by Crippen LogP contribution is 2.32. The zero-order valence-electron chi connectivity index (χ0n) is 14.7. The van der Waals surface area contributed by atoms with Crippen molar-refractivity contribution in [1.82, 2.24) is 15.0 Å². The maximum absolute atomic E-state index is 13.2. The molecule has 1 aliphatic rings. The van der Waals surface area contributed by atoms with Crippen molar-refractivity contribution in [3.63, 3.8) is 0 Å². The van der Waals surface area contributed by atoms with Gasteiger partial charge in [0.2, 0.25) is 0 Å². The third kappa shape index (κ3) is 2.95. The summed E-state index contributed by atoms with van der Waals surface area (Å²) >= 11 is 1.66. The van der Waals surface area contributed by atoms with Gasteiger partial charge in [-0.25, -0.2) is 4.98 Å². The number of likely N-dealkylation sites (tertiary alicyclic amines) is 1. The van der Waals surface area contributed by atoms with Crippen molar-refractivity contribution in [1.29, 1.82) is 0 Å². The summed E-state index contributed by atoms with van der Waals surface area (Å²) in [5.74, 6) is 0.739. The molecule has 0 unspecified atom stereocenters. The standard InChI is InChI=1S/C19H21N3O2S/c1-11-6-8-22(9-7-11)19(23)14-10-15(16-5-4-12(2)25-16)20-18-17(14)13(3)21-24-18/h4-5,10-11H,6-9H2,1-3H3. The molecule has 1 aliphatic heterocycles. The number of hydrogen-bond donors (Lipinski definition) is 0. The number of rotatable bonds is 2. The van der Waals surface area contributed by atoms with E-state index in [-0.39, 0.29) is 5.91 Å². The average Bonchev–Trinajstić information content (AvgIpc) is 3.20. The molecule has 0 saturated carbocycles. The van der Waals surface area contributed by atoms with Gasteiger partial charge in [0.1, 0.15) is 0 Å². The van der Waals surface area contributed by atoms with E-state index < -0.39 is 0 Å². The van der Waals surface area contributed by atoms with Crippen LogP contribution < -0.4 is 0 Å². The molecular weight excluding hydrogens is 334 g/mol. The van der Waals surface area contributed by atoms with E-state index in [1.54, 1.807) is 11.3 Å². The lowest BCUT2D eigenvalue weighted by Gasteiger charge is -2.30. The van der Waals surface area contributed by atoms with Crippen molar-refractivity contribution in [2.75, 3.05) is 13.1 Å². The predicted octanol–water partition coefficient (Wildman–Crippen LogP) is 4.44. The van der Waals surface area contributed by atoms with Crippen LogP contribution in [0, 0.1) is 19.8 Å². The number of hydrogen-bond acceptors (Lipinski definition) is 5. The molecule has 4 rings (SSSR count). The first-order chi connectivity index (χ1) is 12.0. The highest BCUT2D eigenvalue weighted by atomic mass is 32.1. The Balaban J connectivity index is 1.80. The summed E-state index contributed by atoms with van der Waals surface area (Å²) in [5, 5.41) is 4.77. The fourth-order valence-electron chi connectivity index (χ4n) is 3.34. The Morgan fingerprint density at radius 3 is 2.72 bits per heavy atom. The van der Waals surface area contributed by atoms with Gasteiger partial charge in [0, 0.05) is 18.0 Å². The van der Waals surface area contributed by atoms with Crippen LogP contribution in [0.3, 0.4) is 0 Å². The summed E-state index contributed by atoms with van der Waals surface area (Å²) in [6.07, 6.45) is 2.11. The summed E-state index contributed by atoms with van der Waals surface area (Å²) in [4.78, 5) is 22.0. The van der Waals surface area contributed by atoms with Crippen LogP contribution in [0.5, 0.6) is 0 Å². The van der Waals surface area contributed by atoms with Crippen LogP contribution in [-0.2, 0) is 0 Å². The van der Waals surface area contributed by atoms with Gasteiger partial charge < -0.3 is 9.42 Å².